The number of aliphatic imine (C=N–C) groups is 1. The number of nitrogens with two attached hydrogens (primary N) is 1. The molecule has 0 aromatic carbocycles. The lowest BCUT2D eigenvalue weighted by molar-refractivity contribution is -0.137. The third-order valence-electron chi connectivity index (χ3n) is 7.79. The number of aryl methyl sites for hydroxylation is 1. The largest absolute Gasteiger partial charge is 0.416 e. The van der Waals surface area contributed by atoms with Crippen LogP contribution in [0.15, 0.2) is 76.6 Å². The molecule has 3 aromatic rings. The number of carbonyl (C=O) groups is 1. The van der Waals surface area contributed by atoms with Crippen LogP contribution in [0, 0.1) is 11.4 Å². The lowest BCUT2D eigenvalue weighted by Crippen LogP contribution is -2.51. The minimum Gasteiger partial charge on any atom is -0.404 e. The summed E-state index contributed by atoms with van der Waals surface area (Å²) < 4.78 is 71.2. The molecule has 3 atom stereocenters. The Bertz CT molecular complexity index is 1680. The smallest absolute Gasteiger partial charge is 0.404 e. The maximum Gasteiger partial charge on any atom is 0.416 e. The molecule has 44 heavy (non-hydrogen) atoms. The molecular formula is C29H30F4N8O2S. The molecule has 0 spiro atoms. The van der Waals surface area contributed by atoms with Crippen molar-refractivity contribution < 1.29 is 26.6 Å². The number of halogens is 4. The van der Waals surface area contributed by atoms with Gasteiger partial charge in [0, 0.05) is 25.3 Å². The standard InChI is InChI=1S/C29H30F4N8O2S/c1-17(2)41(44(43)27-37-16-40(3)39-27)22-6-4-19-10-23(38-21-5-7-25(30)36-15-21)18(14-34)12-28(19,13-22)26(42)24-11-20(8-9-35-24)29(31,32)33/h5,7-11,14-17,22H,4,6,12-13,34H2,1-3H3/b18-14-,38-23?. The summed E-state index contributed by atoms with van der Waals surface area (Å²) in [4.78, 5) is 30.8. The Labute approximate surface area is 253 Å². The summed E-state index contributed by atoms with van der Waals surface area (Å²) in [6, 6.07) is 3.48. The monoisotopic (exact) mass is 630 g/mol. The van der Waals surface area contributed by atoms with Crippen molar-refractivity contribution in [2.75, 3.05) is 0 Å². The highest BCUT2D eigenvalue weighted by Gasteiger charge is 2.52. The SMILES string of the molecule is CC(C)N(C1CCC2=CC(=Nc3ccc(F)nc3)/C(=C\N)CC2(C(=O)c2cc(C(F)(F)F)ccn2)C1)S(=O)c1ncn(C)n1. The van der Waals surface area contributed by atoms with Crippen LogP contribution in [0.2, 0.25) is 0 Å². The maximum absolute atomic E-state index is 14.4. The molecule has 0 amide bonds. The van der Waals surface area contributed by atoms with E-state index in [-0.39, 0.29) is 29.7 Å². The van der Waals surface area contributed by atoms with E-state index in [9.17, 15) is 26.6 Å². The molecule has 2 aliphatic carbocycles. The van der Waals surface area contributed by atoms with Gasteiger partial charge in [-0.15, -0.1) is 5.10 Å². The first-order chi connectivity index (χ1) is 20.8. The highest BCUT2D eigenvalue weighted by Crippen LogP contribution is 2.52. The van der Waals surface area contributed by atoms with Gasteiger partial charge in [0.25, 0.3) is 5.16 Å². The molecule has 3 unspecified atom stereocenters. The average Bonchev–Trinajstić information content (AvgIpc) is 3.43. The summed E-state index contributed by atoms with van der Waals surface area (Å²) in [6.07, 6.45) is 2.97. The number of rotatable bonds is 7. The van der Waals surface area contributed by atoms with Gasteiger partial charge in [-0.3, -0.25) is 14.5 Å². The minimum absolute atomic E-state index is 0.0104. The summed E-state index contributed by atoms with van der Waals surface area (Å²) in [6.45, 7) is 3.73. The molecular weight excluding hydrogens is 600 g/mol. The second-order valence-corrected chi connectivity index (χ2v) is 12.3. The van der Waals surface area contributed by atoms with Crippen LogP contribution in [0.3, 0.4) is 0 Å². The van der Waals surface area contributed by atoms with Crippen LogP contribution in [-0.4, -0.2) is 56.8 Å². The molecule has 0 saturated heterocycles. The van der Waals surface area contributed by atoms with E-state index >= 15 is 0 Å². The Balaban J connectivity index is 1.62. The fraction of sp³-hybridized carbons (Fsp3) is 0.379. The van der Waals surface area contributed by atoms with Crippen LogP contribution >= 0.6 is 0 Å². The molecule has 2 N–H and O–H groups in total. The first kappa shape index (κ1) is 31.3. The molecule has 15 heteroatoms. The molecule has 2 aliphatic rings. The number of ketones is 1. The number of carbonyl (C=O) groups excluding carboxylic acids is 1. The van der Waals surface area contributed by atoms with Gasteiger partial charge in [0.15, 0.2) is 16.8 Å². The number of allylic oxidation sites excluding steroid dienone is 3. The molecule has 0 aliphatic heterocycles. The van der Waals surface area contributed by atoms with Gasteiger partial charge in [-0.1, -0.05) is 5.57 Å². The normalized spacial score (nSPS) is 23.2. The van der Waals surface area contributed by atoms with Gasteiger partial charge in [-0.25, -0.2) is 23.5 Å². The van der Waals surface area contributed by atoms with Crippen LogP contribution < -0.4 is 5.73 Å². The highest BCUT2D eigenvalue weighted by molar-refractivity contribution is 7.82. The number of fused-ring (bicyclic) bond motifs is 1. The van der Waals surface area contributed by atoms with Gasteiger partial charge >= 0.3 is 6.18 Å². The number of hydrogen-bond acceptors (Lipinski definition) is 8. The molecule has 5 rings (SSSR count). The average molecular weight is 631 g/mol. The molecule has 0 radical (unpaired) electrons. The molecule has 232 valence electrons. The van der Waals surface area contributed by atoms with Gasteiger partial charge in [0.1, 0.15) is 12.0 Å². The Kier molecular flexibility index (Phi) is 8.62. The second-order valence-electron chi connectivity index (χ2n) is 11.0. The van der Waals surface area contributed by atoms with E-state index in [2.05, 4.69) is 25.0 Å². The van der Waals surface area contributed by atoms with Gasteiger partial charge in [0.05, 0.1) is 28.6 Å². The summed E-state index contributed by atoms with van der Waals surface area (Å²) in [5.41, 5.74) is 5.23. The summed E-state index contributed by atoms with van der Waals surface area (Å²) in [5, 5.41) is 4.31. The van der Waals surface area contributed by atoms with Crippen LogP contribution in [0.5, 0.6) is 0 Å². The molecule has 10 nitrogen and oxygen atoms in total. The topological polar surface area (TPSA) is 132 Å². The minimum atomic E-state index is -4.68. The van der Waals surface area contributed by atoms with Crippen LogP contribution in [-0.2, 0) is 24.2 Å². The fourth-order valence-electron chi connectivity index (χ4n) is 5.84. The zero-order valence-corrected chi connectivity index (χ0v) is 24.9. The number of alkyl halides is 3. The summed E-state index contributed by atoms with van der Waals surface area (Å²) in [7, 11) is -0.126. The van der Waals surface area contributed by atoms with Crippen molar-refractivity contribution in [2.45, 2.75) is 62.9 Å². The number of nitrogens with zero attached hydrogens (tertiary/aromatic N) is 7. The van der Waals surface area contributed by atoms with E-state index in [1.165, 1.54) is 29.5 Å². The number of Topliss-reactive ketones (excluding diaryl/α,β-unsaturated/α-hetero) is 1. The van der Waals surface area contributed by atoms with Gasteiger partial charge in [-0.2, -0.15) is 17.6 Å². The lowest BCUT2D eigenvalue weighted by Gasteiger charge is -2.47. The molecule has 3 aromatic heterocycles. The zero-order valence-electron chi connectivity index (χ0n) is 24.1. The van der Waals surface area contributed by atoms with Crippen molar-refractivity contribution in [3.8, 4) is 0 Å². The lowest BCUT2D eigenvalue weighted by atomic mass is 9.59. The van der Waals surface area contributed by atoms with Crippen LogP contribution in [0.1, 0.15) is 55.6 Å². The van der Waals surface area contributed by atoms with E-state index in [4.69, 9.17) is 5.73 Å². The van der Waals surface area contributed by atoms with E-state index in [0.29, 0.717) is 35.4 Å². The Hall–Kier alpha value is -4.11. The predicted molar refractivity (Wildman–Crippen MR) is 154 cm³/mol. The predicted octanol–water partition coefficient (Wildman–Crippen LogP) is 4.86. The van der Waals surface area contributed by atoms with Crippen molar-refractivity contribution in [3.05, 3.63) is 83.6 Å². The van der Waals surface area contributed by atoms with Crippen molar-refractivity contribution in [1.29, 1.82) is 0 Å². The highest BCUT2D eigenvalue weighted by atomic mass is 32.2. The first-order valence-corrected chi connectivity index (χ1v) is 14.9. The summed E-state index contributed by atoms with van der Waals surface area (Å²) >= 11 is 0. The van der Waals surface area contributed by atoms with Gasteiger partial charge in [0.2, 0.25) is 5.95 Å². The Morgan fingerprint density at radius 2 is 2.02 bits per heavy atom. The third kappa shape index (κ3) is 6.11. The van der Waals surface area contributed by atoms with Crippen molar-refractivity contribution >= 4 is 28.2 Å². The van der Waals surface area contributed by atoms with E-state index < -0.39 is 45.9 Å². The van der Waals surface area contributed by atoms with E-state index in [1.807, 2.05) is 13.8 Å². The zero-order chi connectivity index (χ0) is 31.8. The third-order valence-corrected chi connectivity index (χ3v) is 9.39. The Morgan fingerprint density at radius 3 is 2.64 bits per heavy atom. The second kappa shape index (κ2) is 12.1. The van der Waals surface area contributed by atoms with Crippen LogP contribution in [0.4, 0.5) is 23.2 Å². The molecule has 0 bridgehead atoms. The van der Waals surface area contributed by atoms with E-state index in [0.717, 1.165) is 24.4 Å². The van der Waals surface area contributed by atoms with Gasteiger partial charge < -0.3 is 5.73 Å². The Morgan fingerprint density at radius 1 is 1.25 bits per heavy atom. The van der Waals surface area contributed by atoms with Gasteiger partial charge in [-0.05, 0) is 81.6 Å². The molecule has 1 fully saturated rings. The van der Waals surface area contributed by atoms with Crippen molar-refractivity contribution in [1.82, 2.24) is 29.0 Å². The quantitative estimate of drug-likeness (QED) is 0.224. The molecule has 3 heterocycles. The molecule has 1 saturated carbocycles. The number of aromatic nitrogens is 5. The van der Waals surface area contributed by atoms with E-state index in [1.54, 1.807) is 17.4 Å². The van der Waals surface area contributed by atoms with Crippen LogP contribution in [0.25, 0.3) is 0 Å². The number of hydrogen-bond donors (Lipinski definition) is 1. The fourth-order valence-corrected chi connectivity index (χ4v) is 7.20. The van der Waals surface area contributed by atoms with Crippen molar-refractivity contribution in [2.24, 2.45) is 23.2 Å². The maximum atomic E-state index is 14.4. The summed E-state index contributed by atoms with van der Waals surface area (Å²) in [5.74, 6) is -1.28. The van der Waals surface area contributed by atoms with Crippen molar-refractivity contribution in [3.63, 3.8) is 0 Å². The first-order valence-electron chi connectivity index (χ1n) is 13.8. The number of pyridine rings is 2.